The lowest BCUT2D eigenvalue weighted by Crippen LogP contribution is -2.09. The molecule has 1 N–H and O–H groups in total. The summed E-state index contributed by atoms with van der Waals surface area (Å²) >= 11 is 5.62. The van der Waals surface area contributed by atoms with Crippen molar-refractivity contribution in [3.05, 3.63) is 34.6 Å². The second-order valence-corrected chi connectivity index (χ2v) is 3.80. The molecule has 0 aromatic heterocycles. The van der Waals surface area contributed by atoms with E-state index in [0.717, 1.165) is 18.4 Å². The zero-order chi connectivity index (χ0) is 10.6. The maximum Gasteiger partial charge on any atom is 0.141 e. The molecule has 1 aromatic carbocycles. The predicted molar refractivity (Wildman–Crippen MR) is 56.0 cm³/mol. The van der Waals surface area contributed by atoms with Crippen LogP contribution in [0, 0.1) is 5.82 Å². The first-order valence-corrected chi connectivity index (χ1v) is 5.13. The van der Waals surface area contributed by atoms with Gasteiger partial charge in [-0.15, -0.1) is 0 Å². The van der Waals surface area contributed by atoms with Crippen molar-refractivity contribution in [1.29, 1.82) is 0 Å². The third-order valence-electron chi connectivity index (χ3n) is 2.08. The molecular formula is C11H14ClFO. The predicted octanol–water partition coefficient (Wildman–Crippen LogP) is 3.18. The second-order valence-electron chi connectivity index (χ2n) is 3.40. The van der Waals surface area contributed by atoms with Crippen LogP contribution in [-0.2, 0) is 6.42 Å². The van der Waals surface area contributed by atoms with Gasteiger partial charge in [-0.3, -0.25) is 0 Å². The van der Waals surface area contributed by atoms with Gasteiger partial charge in [0.25, 0.3) is 0 Å². The molecule has 0 aliphatic heterocycles. The number of benzene rings is 1. The molecule has 0 radical (unpaired) electrons. The number of aliphatic hydroxyl groups is 1. The lowest BCUT2D eigenvalue weighted by Gasteiger charge is -2.09. The van der Waals surface area contributed by atoms with Gasteiger partial charge in [-0.2, -0.15) is 0 Å². The number of rotatable bonds is 4. The van der Waals surface area contributed by atoms with E-state index in [1.54, 1.807) is 12.1 Å². The van der Waals surface area contributed by atoms with E-state index in [0.29, 0.717) is 6.42 Å². The average molecular weight is 217 g/mol. The van der Waals surface area contributed by atoms with Crippen LogP contribution in [-0.4, -0.2) is 11.2 Å². The van der Waals surface area contributed by atoms with Crippen molar-refractivity contribution in [2.75, 3.05) is 0 Å². The summed E-state index contributed by atoms with van der Waals surface area (Å²) in [4.78, 5) is 0. The summed E-state index contributed by atoms with van der Waals surface area (Å²) in [5.74, 6) is -0.416. The van der Waals surface area contributed by atoms with Crippen molar-refractivity contribution in [2.24, 2.45) is 0 Å². The van der Waals surface area contributed by atoms with Crippen LogP contribution in [0.4, 0.5) is 4.39 Å². The Labute approximate surface area is 88.5 Å². The highest BCUT2D eigenvalue weighted by atomic mass is 35.5. The Morgan fingerprint density at radius 1 is 1.50 bits per heavy atom. The maximum atomic E-state index is 12.8. The van der Waals surface area contributed by atoms with Crippen molar-refractivity contribution in [3.63, 3.8) is 0 Å². The van der Waals surface area contributed by atoms with Gasteiger partial charge in [-0.25, -0.2) is 4.39 Å². The standard InChI is InChI=1S/C11H14ClFO/c1-2-3-9(14)6-8-4-5-11(13)10(12)7-8/h4-5,7,9,14H,2-3,6H2,1H3/t9-/m0/s1. The summed E-state index contributed by atoms with van der Waals surface area (Å²) in [5, 5.41) is 9.64. The Bertz CT molecular complexity index is 301. The van der Waals surface area contributed by atoms with E-state index in [2.05, 4.69) is 0 Å². The zero-order valence-corrected chi connectivity index (χ0v) is 8.89. The van der Waals surface area contributed by atoms with E-state index in [1.165, 1.54) is 6.07 Å². The zero-order valence-electron chi connectivity index (χ0n) is 8.13. The fourth-order valence-corrected chi connectivity index (χ4v) is 1.58. The summed E-state index contributed by atoms with van der Waals surface area (Å²) in [6, 6.07) is 4.55. The fourth-order valence-electron chi connectivity index (χ4n) is 1.37. The Hall–Kier alpha value is -0.600. The van der Waals surface area contributed by atoms with Crippen molar-refractivity contribution in [2.45, 2.75) is 32.3 Å². The number of aliphatic hydroxyl groups excluding tert-OH is 1. The van der Waals surface area contributed by atoms with Crippen molar-refractivity contribution >= 4 is 11.6 Å². The molecule has 0 fully saturated rings. The van der Waals surface area contributed by atoms with E-state index in [4.69, 9.17) is 11.6 Å². The molecule has 0 saturated heterocycles. The normalized spacial score (nSPS) is 12.9. The van der Waals surface area contributed by atoms with Crippen molar-refractivity contribution in [1.82, 2.24) is 0 Å². The van der Waals surface area contributed by atoms with Crippen LogP contribution in [0.3, 0.4) is 0 Å². The van der Waals surface area contributed by atoms with Crippen LogP contribution in [0.5, 0.6) is 0 Å². The summed E-state index contributed by atoms with van der Waals surface area (Å²) in [5.41, 5.74) is 0.873. The van der Waals surface area contributed by atoms with Crippen LogP contribution < -0.4 is 0 Å². The molecule has 0 unspecified atom stereocenters. The molecule has 0 bridgehead atoms. The van der Waals surface area contributed by atoms with E-state index in [-0.39, 0.29) is 11.1 Å². The molecule has 0 spiro atoms. The molecule has 1 rings (SSSR count). The van der Waals surface area contributed by atoms with Crippen LogP contribution in [0.15, 0.2) is 18.2 Å². The van der Waals surface area contributed by atoms with Crippen LogP contribution in [0.1, 0.15) is 25.3 Å². The maximum absolute atomic E-state index is 12.8. The molecular weight excluding hydrogens is 203 g/mol. The molecule has 0 heterocycles. The Kier molecular flexibility index (Phi) is 4.36. The van der Waals surface area contributed by atoms with Crippen LogP contribution >= 0.6 is 11.6 Å². The summed E-state index contributed by atoms with van der Waals surface area (Å²) in [6.07, 6.45) is 1.88. The minimum Gasteiger partial charge on any atom is -0.393 e. The molecule has 14 heavy (non-hydrogen) atoms. The molecule has 0 saturated carbocycles. The van der Waals surface area contributed by atoms with Crippen molar-refractivity contribution in [3.8, 4) is 0 Å². The van der Waals surface area contributed by atoms with E-state index < -0.39 is 5.82 Å². The quantitative estimate of drug-likeness (QED) is 0.820. The molecule has 0 aliphatic carbocycles. The average Bonchev–Trinajstić information content (AvgIpc) is 2.12. The van der Waals surface area contributed by atoms with E-state index >= 15 is 0 Å². The summed E-state index contributed by atoms with van der Waals surface area (Å²) in [6.45, 7) is 2.01. The summed E-state index contributed by atoms with van der Waals surface area (Å²) < 4.78 is 12.8. The Balaban J connectivity index is 2.63. The van der Waals surface area contributed by atoms with E-state index in [1.807, 2.05) is 6.92 Å². The molecule has 0 aliphatic rings. The highest BCUT2D eigenvalue weighted by Crippen LogP contribution is 2.17. The third kappa shape index (κ3) is 3.28. The van der Waals surface area contributed by atoms with Crippen molar-refractivity contribution < 1.29 is 9.50 Å². The molecule has 0 amide bonds. The first-order valence-electron chi connectivity index (χ1n) is 4.75. The third-order valence-corrected chi connectivity index (χ3v) is 2.37. The SMILES string of the molecule is CCC[C@H](O)Cc1ccc(F)c(Cl)c1. The minimum absolute atomic E-state index is 0.117. The van der Waals surface area contributed by atoms with Gasteiger partial charge in [-0.1, -0.05) is 31.0 Å². The molecule has 1 atom stereocenters. The first kappa shape index (κ1) is 11.5. The first-order chi connectivity index (χ1) is 6.63. The largest absolute Gasteiger partial charge is 0.393 e. The van der Waals surface area contributed by atoms with Gasteiger partial charge >= 0.3 is 0 Å². The van der Waals surface area contributed by atoms with Gasteiger partial charge in [0.15, 0.2) is 0 Å². The van der Waals surface area contributed by atoms with Crippen LogP contribution in [0.2, 0.25) is 5.02 Å². The lowest BCUT2D eigenvalue weighted by atomic mass is 10.0. The monoisotopic (exact) mass is 216 g/mol. The highest BCUT2D eigenvalue weighted by Gasteiger charge is 2.06. The van der Waals surface area contributed by atoms with Gasteiger partial charge in [0, 0.05) is 0 Å². The van der Waals surface area contributed by atoms with Gasteiger partial charge < -0.3 is 5.11 Å². The second kappa shape index (κ2) is 5.32. The summed E-state index contributed by atoms with van der Waals surface area (Å²) in [7, 11) is 0. The van der Waals surface area contributed by atoms with Gasteiger partial charge in [-0.05, 0) is 30.5 Å². The molecule has 78 valence electrons. The molecule has 3 heteroatoms. The topological polar surface area (TPSA) is 20.2 Å². The van der Waals surface area contributed by atoms with E-state index in [9.17, 15) is 9.50 Å². The molecule has 1 aromatic rings. The smallest absolute Gasteiger partial charge is 0.141 e. The molecule has 1 nitrogen and oxygen atoms in total. The highest BCUT2D eigenvalue weighted by molar-refractivity contribution is 6.30. The minimum atomic E-state index is -0.416. The Morgan fingerprint density at radius 3 is 2.79 bits per heavy atom. The Morgan fingerprint density at radius 2 is 2.21 bits per heavy atom. The van der Waals surface area contributed by atoms with Crippen LogP contribution in [0.25, 0.3) is 0 Å². The lowest BCUT2D eigenvalue weighted by molar-refractivity contribution is 0.164. The van der Waals surface area contributed by atoms with Gasteiger partial charge in [0.1, 0.15) is 5.82 Å². The number of hydrogen-bond acceptors (Lipinski definition) is 1. The van der Waals surface area contributed by atoms with Gasteiger partial charge in [0.05, 0.1) is 11.1 Å². The number of hydrogen-bond donors (Lipinski definition) is 1. The fraction of sp³-hybridized carbons (Fsp3) is 0.455. The number of halogens is 2. The van der Waals surface area contributed by atoms with Gasteiger partial charge in [0.2, 0.25) is 0 Å².